The van der Waals surface area contributed by atoms with Crippen molar-refractivity contribution >= 4 is 5.91 Å². The normalized spacial score (nSPS) is 15.5. The highest BCUT2D eigenvalue weighted by Gasteiger charge is 2.22. The minimum Gasteiger partial charge on any atom is -0.496 e. The Kier molecular flexibility index (Phi) is 6.66. The Morgan fingerprint density at radius 3 is 2.74 bits per heavy atom. The van der Waals surface area contributed by atoms with Crippen molar-refractivity contribution in [3.8, 4) is 5.75 Å². The molecule has 1 fully saturated rings. The van der Waals surface area contributed by atoms with Gasteiger partial charge in [0.25, 0.3) is 0 Å². The van der Waals surface area contributed by atoms with Gasteiger partial charge in [-0.15, -0.1) is 6.58 Å². The van der Waals surface area contributed by atoms with Crippen molar-refractivity contribution in [1.82, 2.24) is 4.90 Å². The number of ether oxygens (including phenoxy) is 2. The number of aryl methyl sites for hydroxylation is 1. The van der Waals surface area contributed by atoms with E-state index < -0.39 is 0 Å². The molecule has 1 aliphatic rings. The Labute approximate surface area is 139 Å². The SMILES string of the molecule is C=CCOCC1CCN(C(=O)Cc2ccc(OC)c(C)c2)CC1. The van der Waals surface area contributed by atoms with Crippen LogP contribution in [0.15, 0.2) is 30.9 Å². The zero-order valence-corrected chi connectivity index (χ0v) is 14.2. The Morgan fingerprint density at radius 1 is 1.39 bits per heavy atom. The van der Waals surface area contributed by atoms with E-state index in [2.05, 4.69) is 6.58 Å². The molecule has 0 saturated carbocycles. The molecule has 0 radical (unpaired) electrons. The van der Waals surface area contributed by atoms with E-state index in [9.17, 15) is 4.79 Å². The van der Waals surface area contributed by atoms with Crippen LogP contribution in [0.1, 0.15) is 24.0 Å². The maximum atomic E-state index is 12.5. The first kappa shape index (κ1) is 17.5. The average molecular weight is 317 g/mol. The Morgan fingerprint density at radius 2 is 2.13 bits per heavy atom. The lowest BCUT2D eigenvalue weighted by atomic mass is 9.97. The fourth-order valence-corrected chi connectivity index (χ4v) is 3.00. The number of carbonyl (C=O) groups excluding carboxylic acids is 1. The summed E-state index contributed by atoms with van der Waals surface area (Å²) in [6.07, 6.45) is 4.27. The third-order valence-corrected chi connectivity index (χ3v) is 4.37. The van der Waals surface area contributed by atoms with Crippen molar-refractivity contribution < 1.29 is 14.3 Å². The molecular formula is C19H27NO3. The maximum absolute atomic E-state index is 12.5. The van der Waals surface area contributed by atoms with Crippen molar-refractivity contribution in [2.24, 2.45) is 5.92 Å². The number of carbonyl (C=O) groups is 1. The van der Waals surface area contributed by atoms with Crippen LogP contribution in [0.5, 0.6) is 5.75 Å². The molecule has 0 spiro atoms. The highest BCUT2D eigenvalue weighted by atomic mass is 16.5. The van der Waals surface area contributed by atoms with Gasteiger partial charge in [0.2, 0.25) is 5.91 Å². The van der Waals surface area contributed by atoms with Crippen LogP contribution in [0.4, 0.5) is 0 Å². The Hall–Kier alpha value is -1.81. The zero-order valence-electron chi connectivity index (χ0n) is 14.2. The van der Waals surface area contributed by atoms with Crippen molar-refractivity contribution in [2.45, 2.75) is 26.2 Å². The van der Waals surface area contributed by atoms with E-state index >= 15 is 0 Å². The molecule has 1 aromatic carbocycles. The second kappa shape index (κ2) is 8.73. The van der Waals surface area contributed by atoms with E-state index in [1.54, 1.807) is 13.2 Å². The highest BCUT2D eigenvalue weighted by Crippen LogP contribution is 2.21. The van der Waals surface area contributed by atoms with E-state index in [0.29, 0.717) is 18.9 Å². The summed E-state index contributed by atoms with van der Waals surface area (Å²) in [6.45, 7) is 8.69. The Bertz CT molecular complexity index is 533. The number of benzene rings is 1. The van der Waals surface area contributed by atoms with E-state index in [-0.39, 0.29) is 5.91 Å². The van der Waals surface area contributed by atoms with Gasteiger partial charge in [-0.3, -0.25) is 4.79 Å². The molecule has 0 aromatic heterocycles. The third-order valence-electron chi connectivity index (χ3n) is 4.37. The van der Waals surface area contributed by atoms with E-state index in [4.69, 9.17) is 9.47 Å². The summed E-state index contributed by atoms with van der Waals surface area (Å²) < 4.78 is 10.8. The fraction of sp³-hybridized carbons (Fsp3) is 0.526. The summed E-state index contributed by atoms with van der Waals surface area (Å²) >= 11 is 0. The maximum Gasteiger partial charge on any atom is 0.226 e. The van der Waals surface area contributed by atoms with Crippen LogP contribution in [0.25, 0.3) is 0 Å². The molecule has 0 aliphatic carbocycles. The van der Waals surface area contributed by atoms with Gasteiger partial charge in [0, 0.05) is 19.7 Å². The number of likely N-dealkylation sites (tertiary alicyclic amines) is 1. The number of nitrogens with zero attached hydrogens (tertiary/aromatic N) is 1. The number of methoxy groups -OCH3 is 1. The van der Waals surface area contributed by atoms with Gasteiger partial charge in [0.05, 0.1) is 20.1 Å². The predicted octanol–water partition coefficient (Wildman–Crippen LogP) is 2.99. The molecular weight excluding hydrogens is 290 g/mol. The van der Waals surface area contributed by atoms with Gasteiger partial charge in [0.1, 0.15) is 5.75 Å². The minimum absolute atomic E-state index is 0.208. The molecule has 4 heteroatoms. The van der Waals surface area contributed by atoms with Crippen LogP contribution in [-0.4, -0.2) is 44.2 Å². The van der Waals surface area contributed by atoms with Crippen molar-refractivity contribution in [2.75, 3.05) is 33.4 Å². The molecule has 1 saturated heterocycles. The molecule has 1 aromatic rings. The van der Waals surface area contributed by atoms with Gasteiger partial charge >= 0.3 is 0 Å². The van der Waals surface area contributed by atoms with Crippen LogP contribution in [0, 0.1) is 12.8 Å². The second-order valence-corrected chi connectivity index (χ2v) is 6.13. The van der Waals surface area contributed by atoms with Crippen molar-refractivity contribution in [3.05, 3.63) is 42.0 Å². The number of hydrogen-bond acceptors (Lipinski definition) is 3. The highest BCUT2D eigenvalue weighted by molar-refractivity contribution is 5.79. The molecule has 23 heavy (non-hydrogen) atoms. The molecule has 2 rings (SSSR count). The first-order valence-corrected chi connectivity index (χ1v) is 8.24. The largest absolute Gasteiger partial charge is 0.496 e. The minimum atomic E-state index is 0.208. The van der Waals surface area contributed by atoms with Gasteiger partial charge in [-0.1, -0.05) is 18.2 Å². The lowest BCUT2D eigenvalue weighted by Crippen LogP contribution is -2.40. The monoisotopic (exact) mass is 317 g/mol. The van der Waals surface area contributed by atoms with Gasteiger partial charge < -0.3 is 14.4 Å². The van der Waals surface area contributed by atoms with E-state index in [1.165, 1.54) is 0 Å². The van der Waals surface area contributed by atoms with E-state index in [1.807, 2.05) is 30.0 Å². The number of amides is 1. The van der Waals surface area contributed by atoms with E-state index in [0.717, 1.165) is 49.4 Å². The number of piperidine rings is 1. The molecule has 0 N–H and O–H groups in total. The summed E-state index contributed by atoms with van der Waals surface area (Å²) in [5, 5.41) is 0. The van der Waals surface area contributed by atoms with Crippen LogP contribution >= 0.6 is 0 Å². The van der Waals surface area contributed by atoms with Gasteiger partial charge in [-0.25, -0.2) is 0 Å². The quantitative estimate of drug-likeness (QED) is 0.573. The zero-order chi connectivity index (χ0) is 16.7. The lowest BCUT2D eigenvalue weighted by Gasteiger charge is -2.32. The van der Waals surface area contributed by atoms with Crippen LogP contribution in [0.2, 0.25) is 0 Å². The summed E-state index contributed by atoms with van der Waals surface area (Å²) in [7, 11) is 1.66. The average Bonchev–Trinajstić information content (AvgIpc) is 2.56. The van der Waals surface area contributed by atoms with Crippen molar-refractivity contribution in [3.63, 3.8) is 0 Å². The third kappa shape index (κ3) is 5.10. The van der Waals surface area contributed by atoms with Gasteiger partial charge in [-0.2, -0.15) is 0 Å². The summed E-state index contributed by atoms with van der Waals surface area (Å²) in [5.74, 6) is 1.63. The molecule has 4 nitrogen and oxygen atoms in total. The fourth-order valence-electron chi connectivity index (χ4n) is 3.00. The van der Waals surface area contributed by atoms with Gasteiger partial charge in [0.15, 0.2) is 0 Å². The standard InChI is InChI=1S/C19H27NO3/c1-4-11-23-14-16-7-9-20(10-8-16)19(21)13-17-5-6-18(22-3)15(2)12-17/h4-6,12,16H,1,7-11,13-14H2,2-3H3. The van der Waals surface area contributed by atoms with Crippen LogP contribution in [0.3, 0.4) is 0 Å². The first-order chi connectivity index (χ1) is 11.1. The molecule has 1 heterocycles. The Balaban J connectivity index is 1.81. The van der Waals surface area contributed by atoms with Crippen molar-refractivity contribution in [1.29, 1.82) is 0 Å². The molecule has 1 aliphatic heterocycles. The summed E-state index contributed by atoms with van der Waals surface area (Å²) in [5.41, 5.74) is 2.11. The van der Waals surface area contributed by atoms with Crippen LogP contribution in [-0.2, 0) is 16.0 Å². The number of hydrogen-bond donors (Lipinski definition) is 0. The molecule has 1 amide bonds. The molecule has 0 bridgehead atoms. The molecule has 0 unspecified atom stereocenters. The molecule has 126 valence electrons. The number of rotatable bonds is 7. The van der Waals surface area contributed by atoms with Crippen LogP contribution < -0.4 is 4.74 Å². The summed E-state index contributed by atoms with van der Waals surface area (Å²) in [6, 6.07) is 5.94. The first-order valence-electron chi connectivity index (χ1n) is 8.24. The predicted molar refractivity (Wildman–Crippen MR) is 91.8 cm³/mol. The van der Waals surface area contributed by atoms with Gasteiger partial charge in [-0.05, 0) is 42.9 Å². The molecule has 0 atom stereocenters. The topological polar surface area (TPSA) is 38.8 Å². The summed E-state index contributed by atoms with van der Waals surface area (Å²) in [4.78, 5) is 14.4. The second-order valence-electron chi connectivity index (χ2n) is 6.13. The smallest absolute Gasteiger partial charge is 0.226 e. The lowest BCUT2D eigenvalue weighted by molar-refractivity contribution is -0.132.